The van der Waals surface area contributed by atoms with E-state index in [-0.39, 0.29) is 18.4 Å². The number of amides is 2. The van der Waals surface area contributed by atoms with Crippen LogP contribution in [0.4, 0.5) is 0 Å². The lowest BCUT2D eigenvalue weighted by atomic mass is 10.2. The molecule has 19 heavy (non-hydrogen) atoms. The summed E-state index contributed by atoms with van der Waals surface area (Å²) in [6, 6.07) is 1.93. The van der Waals surface area contributed by atoms with Gasteiger partial charge in [-0.3, -0.25) is 9.59 Å². The molecule has 0 unspecified atom stereocenters. The first-order valence-corrected chi connectivity index (χ1v) is 7.60. The van der Waals surface area contributed by atoms with Crippen molar-refractivity contribution in [3.8, 4) is 0 Å². The van der Waals surface area contributed by atoms with Gasteiger partial charge in [0.25, 0.3) is 5.91 Å². The Labute approximate surface area is 119 Å². The van der Waals surface area contributed by atoms with E-state index in [0.717, 1.165) is 11.3 Å². The maximum Gasteiger partial charge on any atom is 0.264 e. The van der Waals surface area contributed by atoms with Gasteiger partial charge in [-0.1, -0.05) is 20.8 Å². The van der Waals surface area contributed by atoms with Gasteiger partial charge in [-0.05, 0) is 23.4 Å². The van der Waals surface area contributed by atoms with Crippen molar-refractivity contribution in [1.82, 2.24) is 9.80 Å². The van der Waals surface area contributed by atoms with E-state index in [1.807, 2.05) is 25.3 Å². The topological polar surface area (TPSA) is 40.6 Å². The molecule has 0 N–H and O–H groups in total. The number of rotatable bonds is 2. The molecule has 0 aromatic carbocycles. The van der Waals surface area contributed by atoms with Crippen LogP contribution in [-0.2, 0) is 11.2 Å². The summed E-state index contributed by atoms with van der Waals surface area (Å²) in [5.74, 6) is -0.00646. The number of carbonyl (C=O) groups is 2. The van der Waals surface area contributed by atoms with Crippen molar-refractivity contribution in [3.05, 3.63) is 21.9 Å². The fourth-order valence-electron chi connectivity index (χ4n) is 1.76. The second-order valence-corrected chi connectivity index (χ2v) is 5.13. The van der Waals surface area contributed by atoms with E-state index in [4.69, 9.17) is 0 Å². The minimum atomic E-state index is -0.0175. The quantitative estimate of drug-likeness (QED) is 0.835. The molecule has 1 aliphatic rings. The number of carbonyl (C=O) groups excluding carboxylic acids is 2. The van der Waals surface area contributed by atoms with Crippen molar-refractivity contribution in [1.29, 1.82) is 0 Å². The Kier molecular flexibility index (Phi) is 6.02. The molecule has 2 amide bonds. The van der Waals surface area contributed by atoms with Crippen LogP contribution in [0.25, 0.3) is 0 Å². The second-order valence-electron chi connectivity index (χ2n) is 4.21. The van der Waals surface area contributed by atoms with E-state index < -0.39 is 0 Å². The Morgan fingerprint density at radius 1 is 1.37 bits per heavy atom. The first-order valence-electron chi connectivity index (χ1n) is 6.72. The average Bonchev–Trinajstić information content (AvgIpc) is 2.92. The number of thiophene rings is 1. The highest BCUT2D eigenvalue weighted by molar-refractivity contribution is 7.12. The number of aryl methyl sites for hydroxylation is 1. The molecule has 5 heteroatoms. The summed E-state index contributed by atoms with van der Waals surface area (Å²) in [6.45, 7) is 7.52. The van der Waals surface area contributed by atoms with E-state index in [9.17, 15) is 9.59 Å². The zero-order chi connectivity index (χ0) is 14.4. The van der Waals surface area contributed by atoms with Crippen molar-refractivity contribution in [3.63, 3.8) is 0 Å². The van der Waals surface area contributed by atoms with Gasteiger partial charge >= 0.3 is 0 Å². The third-order valence-corrected chi connectivity index (χ3v) is 3.98. The summed E-state index contributed by atoms with van der Waals surface area (Å²) in [5, 5.41) is 2.01. The number of hydrogen-bond donors (Lipinski definition) is 0. The molecule has 1 aromatic heterocycles. The maximum absolute atomic E-state index is 12.1. The Morgan fingerprint density at radius 3 is 2.58 bits per heavy atom. The summed E-state index contributed by atoms with van der Waals surface area (Å²) in [4.78, 5) is 27.7. The van der Waals surface area contributed by atoms with Gasteiger partial charge in [0.1, 0.15) is 6.54 Å². The molecule has 0 spiro atoms. The van der Waals surface area contributed by atoms with Crippen molar-refractivity contribution in [2.45, 2.75) is 27.2 Å². The van der Waals surface area contributed by atoms with Crippen LogP contribution in [0.3, 0.4) is 0 Å². The summed E-state index contributed by atoms with van der Waals surface area (Å²) >= 11 is 1.46. The van der Waals surface area contributed by atoms with E-state index >= 15 is 0 Å². The van der Waals surface area contributed by atoms with Crippen molar-refractivity contribution in [2.24, 2.45) is 0 Å². The molecular weight excluding hydrogens is 260 g/mol. The van der Waals surface area contributed by atoms with Gasteiger partial charge in [0.05, 0.1) is 4.88 Å². The first kappa shape index (κ1) is 15.7. The van der Waals surface area contributed by atoms with Crippen LogP contribution < -0.4 is 0 Å². The lowest BCUT2D eigenvalue weighted by Gasteiger charge is -2.31. The average molecular weight is 282 g/mol. The fraction of sp³-hybridized carbons (Fsp3) is 0.571. The normalized spacial score (nSPS) is 15.1. The van der Waals surface area contributed by atoms with E-state index in [1.54, 1.807) is 16.8 Å². The third-order valence-electron chi connectivity index (χ3n) is 3.02. The summed E-state index contributed by atoms with van der Waals surface area (Å²) in [6.07, 6.45) is 0.936. The van der Waals surface area contributed by atoms with Crippen LogP contribution in [0.2, 0.25) is 0 Å². The van der Waals surface area contributed by atoms with E-state index in [0.29, 0.717) is 13.1 Å². The molecule has 4 nitrogen and oxygen atoms in total. The monoisotopic (exact) mass is 282 g/mol. The highest BCUT2D eigenvalue weighted by Gasteiger charge is 2.26. The largest absolute Gasteiger partial charge is 0.342 e. The van der Waals surface area contributed by atoms with Gasteiger partial charge in [-0.25, -0.2) is 0 Å². The highest BCUT2D eigenvalue weighted by atomic mass is 32.1. The van der Waals surface area contributed by atoms with Gasteiger partial charge in [0.15, 0.2) is 0 Å². The van der Waals surface area contributed by atoms with Gasteiger partial charge in [0, 0.05) is 20.1 Å². The number of piperazine rings is 1. The number of nitrogens with zero attached hydrogens (tertiary/aromatic N) is 2. The molecule has 0 aliphatic carbocycles. The highest BCUT2D eigenvalue weighted by Crippen LogP contribution is 2.18. The lowest BCUT2D eigenvalue weighted by molar-refractivity contribution is -0.133. The maximum atomic E-state index is 12.1. The van der Waals surface area contributed by atoms with Crippen LogP contribution in [0.15, 0.2) is 11.4 Å². The Hall–Kier alpha value is -1.36. The molecule has 1 aromatic rings. The molecule has 1 fully saturated rings. The fourth-order valence-corrected chi connectivity index (χ4v) is 2.72. The number of likely N-dealkylation sites (N-methyl/N-ethyl adjacent to an activating group) is 1. The molecule has 1 aliphatic heterocycles. The van der Waals surface area contributed by atoms with Crippen molar-refractivity contribution in [2.75, 3.05) is 26.7 Å². The number of hydrogen-bond acceptors (Lipinski definition) is 3. The summed E-state index contributed by atoms with van der Waals surface area (Å²) < 4.78 is 0. The Morgan fingerprint density at radius 2 is 2.05 bits per heavy atom. The first-order chi connectivity index (χ1) is 9.11. The van der Waals surface area contributed by atoms with Crippen LogP contribution in [0, 0.1) is 0 Å². The minimum absolute atomic E-state index is 0.0110. The zero-order valence-electron chi connectivity index (χ0n) is 12.1. The summed E-state index contributed by atoms with van der Waals surface area (Å²) in [5.41, 5.74) is 1.18. The SMILES string of the molecule is CC.CCc1csc(C(=O)N2CCN(C)C(=O)C2)c1. The third kappa shape index (κ3) is 3.80. The predicted molar refractivity (Wildman–Crippen MR) is 78.6 cm³/mol. The Balaban J connectivity index is 0.000000861. The van der Waals surface area contributed by atoms with Gasteiger partial charge in [-0.15, -0.1) is 11.3 Å². The van der Waals surface area contributed by atoms with Gasteiger partial charge in [-0.2, -0.15) is 0 Å². The van der Waals surface area contributed by atoms with Crippen LogP contribution in [0.5, 0.6) is 0 Å². The molecule has 0 atom stereocenters. The van der Waals surface area contributed by atoms with Crippen molar-refractivity contribution < 1.29 is 9.59 Å². The molecule has 0 saturated carbocycles. The predicted octanol–water partition coefficient (Wildman–Crippen LogP) is 2.25. The van der Waals surface area contributed by atoms with Crippen LogP contribution >= 0.6 is 11.3 Å². The molecule has 2 heterocycles. The standard InChI is InChI=1S/C12H16N2O2S.C2H6/c1-3-9-6-10(17-8-9)12(16)14-5-4-13(2)11(15)7-14;1-2/h6,8H,3-5,7H2,1-2H3;1-2H3. The molecular formula is C14H22N2O2S. The molecule has 106 valence electrons. The van der Waals surface area contributed by atoms with E-state index in [2.05, 4.69) is 6.92 Å². The zero-order valence-corrected chi connectivity index (χ0v) is 12.9. The van der Waals surface area contributed by atoms with Crippen molar-refractivity contribution >= 4 is 23.2 Å². The van der Waals surface area contributed by atoms with Crippen LogP contribution in [-0.4, -0.2) is 48.3 Å². The van der Waals surface area contributed by atoms with E-state index in [1.165, 1.54) is 16.9 Å². The molecule has 0 bridgehead atoms. The molecule has 1 saturated heterocycles. The minimum Gasteiger partial charge on any atom is -0.342 e. The Bertz CT molecular complexity index is 442. The molecule has 0 radical (unpaired) electrons. The van der Waals surface area contributed by atoms with Crippen LogP contribution in [0.1, 0.15) is 36.0 Å². The second kappa shape index (κ2) is 7.28. The van der Waals surface area contributed by atoms with Gasteiger partial charge < -0.3 is 9.80 Å². The molecule has 2 rings (SSSR count). The lowest BCUT2D eigenvalue weighted by Crippen LogP contribution is -2.50. The van der Waals surface area contributed by atoms with Gasteiger partial charge in [0.2, 0.25) is 5.91 Å². The smallest absolute Gasteiger partial charge is 0.264 e. The summed E-state index contributed by atoms with van der Waals surface area (Å²) in [7, 11) is 1.77.